The Labute approximate surface area is 244 Å². The lowest BCUT2D eigenvalue weighted by atomic mass is 10.0. The summed E-state index contributed by atoms with van der Waals surface area (Å²) in [5.74, 6) is -0.930. The molecule has 226 valence electrons. The third-order valence-corrected chi connectivity index (χ3v) is 6.57. The second-order valence-electron chi connectivity index (χ2n) is 9.50. The zero-order valence-corrected chi connectivity index (χ0v) is 22.8. The fraction of sp³-hybridized carbons (Fsp3) is 0.138. The Bertz CT molecular complexity index is 2030. The molecule has 0 radical (unpaired) electrons. The number of nitrogen functional groups attached to an aromatic ring is 1. The van der Waals surface area contributed by atoms with Crippen molar-refractivity contribution in [1.29, 1.82) is 0 Å². The van der Waals surface area contributed by atoms with Crippen molar-refractivity contribution in [3.8, 4) is 22.5 Å². The maximum Gasteiger partial charge on any atom is 0.417 e. The summed E-state index contributed by atoms with van der Waals surface area (Å²) in [6.45, 7) is 3.22. The molecule has 0 aliphatic carbocycles. The lowest BCUT2D eigenvalue weighted by Gasteiger charge is -2.12. The second-order valence-corrected chi connectivity index (χ2v) is 9.50. The summed E-state index contributed by atoms with van der Waals surface area (Å²) < 4.78 is 80.9. The predicted octanol–water partition coefficient (Wildman–Crippen LogP) is 6.73. The monoisotopic (exact) mass is 613 g/mol. The van der Waals surface area contributed by atoms with Gasteiger partial charge in [-0.2, -0.15) is 41.1 Å². The molecule has 0 atom stereocenters. The summed E-state index contributed by atoms with van der Waals surface area (Å²) >= 11 is 0. The molecule has 0 aliphatic rings. The average Bonchev–Trinajstić information content (AvgIpc) is 3.46. The summed E-state index contributed by atoms with van der Waals surface area (Å²) in [7, 11) is 0. The number of carboxylic acid groups (broad SMARTS) is 1. The van der Waals surface area contributed by atoms with Crippen molar-refractivity contribution in [3.05, 3.63) is 101 Å². The van der Waals surface area contributed by atoms with Gasteiger partial charge in [0.2, 0.25) is 0 Å². The molecule has 4 heterocycles. The molecule has 2 aromatic carbocycles. The SMILES string of the molecule is Cc1nc2ccc(-c3ccccc3C(F)(F)F)nn2c1C(=O)O.Cc1nc2ccc(-c3ccccc3C(F)(F)F)nn2c1N. The van der Waals surface area contributed by atoms with E-state index in [1.807, 2.05) is 0 Å². The van der Waals surface area contributed by atoms with Gasteiger partial charge < -0.3 is 10.8 Å². The number of alkyl halides is 6. The van der Waals surface area contributed by atoms with E-state index in [1.54, 1.807) is 19.1 Å². The molecule has 6 aromatic rings. The number of anilines is 1. The van der Waals surface area contributed by atoms with Crippen LogP contribution in [-0.4, -0.2) is 40.3 Å². The number of benzene rings is 2. The van der Waals surface area contributed by atoms with Gasteiger partial charge in [0.15, 0.2) is 17.0 Å². The maximum absolute atomic E-state index is 13.1. The van der Waals surface area contributed by atoms with Gasteiger partial charge in [-0.05, 0) is 50.2 Å². The number of imidazole rings is 2. The zero-order chi connectivity index (χ0) is 32.0. The first-order valence-electron chi connectivity index (χ1n) is 12.7. The Morgan fingerprint density at radius 2 is 1.11 bits per heavy atom. The fourth-order valence-corrected chi connectivity index (χ4v) is 4.54. The van der Waals surface area contributed by atoms with Gasteiger partial charge in [0.1, 0.15) is 5.82 Å². The van der Waals surface area contributed by atoms with E-state index in [2.05, 4.69) is 20.2 Å². The van der Waals surface area contributed by atoms with Crippen LogP contribution >= 0.6 is 0 Å². The van der Waals surface area contributed by atoms with E-state index >= 15 is 0 Å². The topological polar surface area (TPSA) is 124 Å². The van der Waals surface area contributed by atoms with Crippen molar-refractivity contribution in [2.75, 3.05) is 5.73 Å². The zero-order valence-electron chi connectivity index (χ0n) is 22.8. The van der Waals surface area contributed by atoms with Crippen LogP contribution in [0.4, 0.5) is 32.2 Å². The van der Waals surface area contributed by atoms with E-state index in [0.29, 0.717) is 17.2 Å². The van der Waals surface area contributed by atoms with Crippen molar-refractivity contribution >= 4 is 23.1 Å². The average molecular weight is 614 g/mol. The molecule has 0 amide bonds. The number of fused-ring (bicyclic) bond motifs is 2. The van der Waals surface area contributed by atoms with Crippen LogP contribution in [0.3, 0.4) is 0 Å². The normalized spacial score (nSPS) is 11.9. The minimum atomic E-state index is -4.53. The van der Waals surface area contributed by atoms with Crippen LogP contribution in [0.25, 0.3) is 33.8 Å². The number of carbonyl (C=O) groups is 1. The fourth-order valence-electron chi connectivity index (χ4n) is 4.54. The first-order valence-corrected chi connectivity index (χ1v) is 12.7. The van der Waals surface area contributed by atoms with Crippen molar-refractivity contribution in [1.82, 2.24) is 29.2 Å². The van der Waals surface area contributed by atoms with E-state index in [-0.39, 0.29) is 39.5 Å². The van der Waals surface area contributed by atoms with Gasteiger partial charge in [0.25, 0.3) is 0 Å². The summed E-state index contributed by atoms with van der Waals surface area (Å²) in [5, 5.41) is 17.4. The van der Waals surface area contributed by atoms with Crippen molar-refractivity contribution in [2.24, 2.45) is 0 Å². The molecule has 0 spiro atoms. The van der Waals surface area contributed by atoms with Gasteiger partial charge in [-0.25, -0.2) is 19.3 Å². The highest BCUT2D eigenvalue weighted by molar-refractivity contribution is 5.88. The molecular weight excluding hydrogens is 592 g/mol. The lowest BCUT2D eigenvalue weighted by molar-refractivity contribution is -0.137. The number of aromatic nitrogens is 6. The third kappa shape index (κ3) is 5.63. The van der Waals surface area contributed by atoms with E-state index in [0.717, 1.165) is 16.6 Å². The molecule has 6 rings (SSSR count). The number of rotatable bonds is 3. The number of halogens is 6. The number of nitrogens with two attached hydrogens (primary N) is 1. The molecule has 0 bridgehead atoms. The van der Waals surface area contributed by atoms with Crippen LogP contribution in [0.15, 0.2) is 72.8 Å². The smallest absolute Gasteiger partial charge is 0.417 e. The number of aromatic carboxylic acids is 1. The molecule has 4 aromatic heterocycles. The van der Waals surface area contributed by atoms with Crippen LogP contribution < -0.4 is 5.73 Å². The largest absolute Gasteiger partial charge is 0.476 e. The van der Waals surface area contributed by atoms with E-state index in [1.165, 1.54) is 60.0 Å². The maximum atomic E-state index is 13.1. The van der Waals surface area contributed by atoms with Gasteiger partial charge in [-0.1, -0.05) is 36.4 Å². The molecule has 0 unspecified atom stereocenters. The number of aryl methyl sites for hydroxylation is 2. The first-order chi connectivity index (χ1) is 20.7. The third-order valence-electron chi connectivity index (χ3n) is 6.57. The molecule has 44 heavy (non-hydrogen) atoms. The van der Waals surface area contributed by atoms with Crippen molar-refractivity contribution in [2.45, 2.75) is 26.2 Å². The molecule has 0 fully saturated rings. The molecule has 9 nitrogen and oxygen atoms in total. The summed E-state index contributed by atoms with van der Waals surface area (Å²) in [6, 6.07) is 16.2. The van der Waals surface area contributed by atoms with Gasteiger partial charge in [0, 0.05) is 11.1 Å². The van der Waals surface area contributed by atoms with Crippen LogP contribution in [-0.2, 0) is 12.4 Å². The van der Waals surface area contributed by atoms with Gasteiger partial charge in [-0.15, -0.1) is 0 Å². The standard InChI is InChI=1S/C15H10F3N3O2.C14H11F3N4/c1-8-13(14(22)23)21-12(19-8)7-6-11(20-21)9-4-2-3-5-10(9)15(16,17)18;1-8-13(18)21-12(19-8)7-6-11(20-21)9-4-2-3-5-10(9)14(15,16)17/h2-7H,1H3,(H,22,23);2-7H,18H2,1H3. The minimum absolute atomic E-state index is 0.0117. The number of hydrogen-bond donors (Lipinski definition) is 2. The quantitative estimate of drug-likeness (QED) is 0.212. The summed E-state index contributed by atoms with van der Waals surface area (Å²) in [4.78, 5) is 19.5. The van der Waals surface area contributed by atoms with E-state index in [4.69, 9.17) is 5.73 Å². The molecule has 0 saturated carbocycles. The van der Waals surface area contributed by atoms with E-state index in [9.17, 15) is 36.2 Å². The number of nitrogens with zero attached hydrogens (tertiary/aromatic N) is 6. The summed E-state index contributed by atoms with van der Waals surface area (Å²) in [5.41, 5.74) is 5.78. The van der Waals surface area contributed by atoms with Gasteiger partial charge in [-0.3, -0.25) is 0 Å². The highest BCUT2D eigenvalue weighted by Crippen LogP contribution is 2.37. The molecule has 3 N–H and O–H groups in total. The molecule has 0 aliphatic heterocycles. The number of carboxylic acids is 1. The number of hydrogen-bond acceptors (Lipinski definition) is 6. The highest BCUT2D eigenvalue weighted by atomic mass is 19.4. The van der Waals surface area contributed by atoms with Crippen LogP contribution in [0.5, 0.6) is 0 Å². The van der Waals surface area contributed by atoms with E-state index < -0.39 is 29.4 Å². The predicted molar refractivity (Wildman–Crippen MR) is 148 cm³/mol. The Hall–Kier alpha value is -5.47. The Balaban J connectivity index is 0.000000175. The Morgan fingerprint density at radius 3 is 1.59 bits per heavy atom. The molecular formula is C29H21F6N7O2. The molecule has 0 saturated heterocycles. The van der Waals surface area contributed by atoms with Crippen molar-refractivity contribution < 1.29 is 36.2 Å². The van der Waals surface area contributed by atoms with Crippen molar-refractivity contribution in [3.63, 3.8) is 0 Å². The minimum Gasteiger partial charge on any atom is -0.476 e. The first kappa shape index (κ1) is 30.0. The summed E-state index contributed by atoms with van der Waals surface area (Å²) in [6.07, 6.45) is -8.97. The lowest BCUT2D eigenvalue weighted by Crippen LogP contribution is -2.09. The van der Waals surface area contributed by atoms with Crippen LogP contribution in [0, 0.1) is 13.8 Å². The van der Waals surface area contributed by atoms with Crippen LogP contribution in [0.2, 0.25) is 0 Å². The Morgan fingerprint density at radius 1 is 0.682 bits per heavy atom. The Kier molecular flexibility index (Phi) is 7.49. The second kappa shape index (κ2) is 11.0. The highest BCUT2D eigenvalue weighted by Gasteiger charge is 2.35. The molecule has 15 heteroatoms. The van der Waals surface area contributed by atoms with Gasteiger partial charge in [0.05, 0.1) is 33.9 Å². The van der Waals surface area contributed by atoms with Gasteiger partial charge >= 0.3 is 18.3 Å². The van der Waals surface area contributed by atoms with Crippen LogP contribution in [0.1, 0.15) is 33.0 Å².